The van der Waals surface area contributed by atoms with Crippen molar-refractivity contribution in [1.82, 2.24) is 4.90 Å². The number of carbonyl (C=O) groups excluding carboxylic acids is 1. The van der Waals surface area contributed by atoms with Crippen LogP contribution in [0.25, 0.3) is 0 Å². The Morgan fingerprint density at radius 3 is 2.43 bits per heavy atom. The molecule has 21 heavy (non-hydrogen) atoms. The SMILES string of the molecule is CC(C)C(c1ccccc1)N1CC(CS(N)(=O)=O)CC1=O. The molecule has 2 unspecified atom stereocenters. The Hall–Kier alpha value is -1.40. The van der Waals surface area contributed by atoms with Gasteiger partial charge in [0.05, 0.1) is 11.8 Å². The number of amides is 1. The van der Waals surface area contributed by atoms with E-state index in [4.69, 9.17) is 5.14 Å². The third kappa shape index (κ3) is 4.04. The van der Waals surface area contributed by atoms with Gasteiger partial charge in [-0.1, -0.05) is 44.2 Å². The highest BCUT2D eigenvalue weighted by molar-refractivity contribution is 7.89. The van der Waals surface area contributed by atoms with E-state index in [1.54, 1.807) is 4.90 Å². The lowest BCUT2D eigenvalue weighted by atomic mass is 9.94. The van der Waals surface area contributed by atoms with Gasteiger partial charge in [0.15, 0.2) is 0 Å². The number of likely N-dealkylation sites (tertiary alicyclic amines) is 1. The molecule has 0 aromatic heterocycles. The normalized spacial score (nSPS) is 21.0. The Bertz CT molecular complexity index is 599. The minimum Gasteiger partial charge on any atom is -0.335 e. The maximum Gasteiger partial charge on any atom is 0.223 e. The predicted molar refractivity (Wildman–Crippen MR) is 81.8 cm³/mol. The molecular formula is C15H22N2O3S. The van der Waals surface area contributed by atoms with Gasteiger partial charge in [0, 0.05) is 18.9 Å². The van der Waals surface area contributed by atoms with Crippen molar-refractivity contribution in [1.29, 1.82) is 0 Å². The maximum absolute atomic E-state index is 12.3. The molecule has 5 nitrogen and oxygen atoms in total. The summed E-state index contributed by atoms with van der Waals surface area (Å²) in [5.74, 6) is -0.0808. The fourth-order valence-corrected chi connectivity index (χ4v) is 3.97. The van der Waals surface area contributed by atoms with Gasteiger partial charge in [-0.3, -0.25) is 4.79 Å². The van der Waals surface area contributed by atoms with Crippen LogP contribution >= 0.6 is 0 Å². The summed E-state index contributed by atoms with van der Waals surface area (Å²) in [6, 6.07) is 9.83. The number of nitrogens with two attached hydrogens (primary N) is 1. The largest absolute Gasteiger partial charge is 0.335 e. The van der Waals surface area contributed by atoms with Crippen molar-refractivity contribution >= 4 is 15.9 Å². The van der Waals surface area contributed by atoms with Crippen LogP contribution in [-0.4, -0.2) is 31.5 Å². The zero-order valence-corrected chi connectivity index (χ0v) is 13.2. The highest BCUT2D eigenvalue weighted by atomic mass is 32.2. The Morgan fingerprint density at radius 2 is 1.90 bits per heavy atom. The second-order valence-corrected chi connectivity index (χ2v) is 7.70. The van der Waals surface area contributed by atoms with Crippen molar-refractivity contribution in [3.63, 3.8) is 0 Å². The van der Waals surface area contributed by atoms with Crippen LogP contribution in [0.3, 0.4) is 0 Å². The van der Waals surface area contributed by atoms with E-state index < -0.39 is 10.0 Å². The van der Waals surface area contributed by atoms with Gasteiger partial charge >= 0.3 is 0 Å². The van der Waals surface area contributed by atoms with E-state index in [-0.39, 0.29) is 36.0 Å². The Morgan fingerprint density at radius 1 is 1.29 bits per heavy atom. The number of primary sulfonamides is 1. The standard InChI is InChI=1S/C15H22N2O3S/c1-11(2)15(13-6-4-3-5-7-13)17-9-12(8-14(17)18)10-21(16,19)20/h3-7,11-12,15H,8-10H2,1-2H3,(H2,16,19,20). The fourth-order valence-electron chi connectivity index (χ4n) is 3.09. The van der Waals surface area contributed by atoms with Gasteiger partial charge in [-0.15, -0.1) is 0 Å². The second-order valence-electron chi connectivity index (χ2n) is 6.05. The summed E-state index contributed by atoms with van der Waals surface area (Å²) in [4.78, 5) is 14.1. The van der Waals surface area contributed by atoms with E-state index in [9.17, 15) is 13.2 Å². The molecule has 1 fully saturated rings. The number of benzene rings is 1. The van der Waals surface area contributed by atoms with E-state index in [0.29, 0.717) is 6.54 Å². The Labute approximate surface area is 126 Å². The zero-order chi connectivity index (χ0) is 15.6. The number of rotatable bonds is 5. The van der Waals surface area contributed by atoms with Crippen LogP contribution in [0.2, 0.25) is 0 Å². The summed E-state index contributed by atoms with van der Waals surface area (Å²) < 4.78 is 22.4. The van der Waals surface area contributed by atoms with E-state index in [2.05, 4.69) is 13.8 Å². The number of nitrogens with zero attached hydrogens (tertiary/aromatic N) is 1. The van der Waals surface area contributed by atoms with E-state index in [1.807, 2.05) is 30.3 Å². The minimum absolute atomic E-state index is 0.00574. The first-order valence-electron chi connectivity index (χ1n) is 7.13. The molecule has 6 heteroatoms. The molecule has 0 saturated carbocycles. The second kappa shape index (κ2) is 6.15. The van der Waals surface area contributed by atoms with Gasteiger partial charge < -0.3 is 4.90 Å². The molecule has 1 aromatic rings. The first-order valence-corrected chi connectivity index (χ1v) is 8.84. The van der Waals surface area contributed by atoms with Crippen molar-refractivity contribution in [2.45, 2.75) is 26.3 Å². The molecule has 2 rings (SSSR count). The van der Waals surface area contributed by atoms with Crippen LogP contribution in [0.1, 0.15) is 31.9 Å². The van der Waals surface area contributed by atoms with Crippen molar-refractivity contribution in [3.05, 3.63) is 35.9 Å². The molecule has 0 radical (unpaired) electrons. The van der Waals surface area contributed by atoms with Crippen molar-refractivity contribution in [3.8, 4) is 0 Å². The van der Waals surface area contributed by atoms with Gasteiger partial charge in [-0.25, -0.2) is 13.6 Å². The smallest absolute Gasteiger partial charge is 0.223 e. The Kier molecular flexibility index (Phi) is 4.68. The van der Waals surface area contributed by atoms with Gasteiger partial charge in [0.25, 0.3) is 0 Å². The Balaban J connectivity index is 2.20. The average Bonchev–Trinajstić information content (AvgIpc) is 2.69. The van der Waals surface area contributed by atoms with Crippen molar-refractivity contribution in [2.24, 2.45) is 17.0 Å². The molecule has 1 heterocycles. The molecule has 1 aromatic carbocycles. The molecule has 0 aliphatic carbocycles. The molecule has 2 N–H and O–H groups in total. The van der Waals surface area contributed by atoms with Crippen LogP contribution in [0, 0.1) is 11.8 Å². The highest BCUT2D eigenvalue weighted by Crippen LogP contribution is 2.34. The third-order valence-corrected chi connectivity index (χ3v) is 4.75. The van der Waals surface area contributed by atoms with Crippen LogP contribution in [-0.2, 0) is 14.8 Å². The molecule has 1 saturated heterocycles. The minimum atomic E-state index is -3.54. The van der Waals surface area contributed by atoms with Crippen molar-refractivity contribution < 1.29 is 13.2 Å². The maximum atomic E-state index is 12.3. The van der Waals surface area contributed by atoms with E-state index in [0.717, 1.165) is 5.56 Å². The number of hydrogen-bond donors (Lipinski definition) is 1. The summed E-state index contributed by atoms with van der Waals surface area (Å²) in [5, 5.41) is 5.10. The summed E-state index contributed by atoms with van der Waals surface area (Å²) in [6.07, 6.45) is 0.256. The number of hydrogen-bond acceptors (Lipinski definition) is 3. The average molecular weight is 310 g/mol. The topological polar surface area (TPSA) is 80.5 Å². The third-order valence-electron chi connectivity index (χ3n) is 3.81. The molecule has 116 valence electrons. The van der Waals surface area contributed by atoms with Gasteiger partial charge in [-0.2, -0.15) is 0 Å². The highest BCUT2D eigenvalue weighted by Gasteiger charge is 2.37. The van der Waals surface area contributed by atoms with E-state index >= 15 is 0 Å². The first-order chi connectivity index (χ1) is 9.78. The fraction of sp³-hybridized carbons (Fsp3) is 0.533. The summed E-state index contributed by atoms with van der Waals surface area (Å²) in [7, 11) is -3.54. The zero-order valence-electron chi connectivity index (χ0n) is 12.4. The quantitative estimate of drug-likeness (QED) is 0.895. The monoisotopic (exact) mass is 310 g/mol. The van der Waals surface area contributed by atoms with Crippen LogP contribution < -0.4 is 5.14 Å². The lowest BCUT2D eigenvalue weighted by Crippen LogP contribution is -2.34. The molecule has 1 aliphatic heterocycles. The van der Waals surface area contributed by atoms with Gasteiger partial charge in [0.2, 0.25) is 15.9 Å². The van der Waals surface area contributed by atoms with Crippen LogP contribution in [0.15, 0.2) is 30.3 Å². The van der Waals surface area contributed by atoms with Gasteiger partial charge in [-0.05, 0) is 11.5 Å². The molecule has 2 atom stereocenters. The number of sulfonamides is 1. The van der Waals surface area contributed by atoms with Crippen LogP contribution in [0.5, 0.6) is 0 Å². The van der Waals surface area contributed by atoms with Crippen LogP contribution in [0.4, 0.5) is 0 Å². The lowest BCUT2D eigenvalue weighted by Gasteiger charge is -2.32. The summed E-state index contributed by atoms with van der Waals surface area (Å²) in [6.45, 7) is 4.59. The molecule has 1 aliphatic rings. The molecule has 0 bridgehead atoms. The lowest BCUT2D eigenvalue weighted by molar-refractivity contribution is -0.130. The van der Waals surface area contributed by atoms with Gasteiger partial charge in [0.1, 0.15) is 0 Å². The van der Waals surface area contributed by atoms with E-state index in [1.165, 1.54) is 0 Å². The molecule has 1 amide bonds. The predicted octanol–water partition coefficient (Wildman–Crippen LogP) is 1.52. The molecular weight excluding hydrogens is 288 g/mol. The van der Waals surface area contributed by atoms with Crippen molar-refractivity contribution in [2.75, 3.05) is 12.3 Å². The first kappa shape index (κ1) is 16.0. The number of carbonyl (C=O) groups is 1. The molecule has 0 spiro atoms. The summed E-state index contributed by atoms with van der Waals surface area (Å²) in [5.41, 5.74) is 1.08. The summed E-state index contributed by atoms with van der Waals surface area (Å²) >= 11 is 0.